The zero-order valence-corrected chi connectivity index (χ0v) is 14.3. The van der Waals surface area contributed by atoms with E-state index in [9.17, 15) is 13.2 Å². The molecule has 1 fully saturated rings. The number of hydrogen-bond acceptors (Lipinski definition) is 2. The molecular weight excluding hydrogens is 395 g/mol. The summed E-state index contributed by atoms with van der Waals surface area (Å²) >= 11 is 1.63. The molecule has 0 saturated carbocycles. The Bertz CT molecular complexity index is 586. The molecule has 0 unspecified atom stereocenters. The maximum atomic E-state index is 14.3. The highest BCUT2D eigenvalue weighted by Crippen LogP contribution is 2.39. The average Bonchev–Trinajstić information content (AvgIpc) is 2.59. The van der Waals surface area contributed by atoms with E-state index in [-0.39, 0.29) is 9.13 Å². The topological polar surface area (TPSA) is 18.5 Å². The fourth-order valence-electron chi connectivity index (χ4n) is 1.84. The minimum atomic E-state index is -1.23. The molecule has 7 heteroatoms. The normalized spacial score (nSPS) is 21.0. The predicted octanol–water partition coefficient (Wildman–Crippen LogP) is 4.51. The zero-order valence-electron chi connectivity index (χ0n) is 12.1. The van der Waals surface area contributed by atoms with Gasteiger partial charge < -0.3 is 9.31 Å². The monoisotopic (exact) mass is 410 g/mol. The van der Waals surface area contributed by atoms with Crippen molar-refractivity contribution in [2.45, 2.75) is 38.9 Å². The fraction of sp³-hybridized carbons (Fsp3) is 0.429. The van der Waals surface area contributed by atoms with E-state index in [2.05, 4.69) is 0 Å². The molecule has 1 aliphatic heterocycles. The van der Waals surface area contributed by atoms with Gasteiger partial charge in [-0.25, -0.2) is 13.2 Å². The summed E-state index contributed by atoms with van der Waals surface area (Å²) in [6.07, 6.45) is 0.919. The molecule has 0 aromatic heterocycles. The van der Waals surface area contributed by atoms with Gasteiger partial charge in [-0.1, -0.05) is 0 Å². The molecule has 21 heavy (non-hydrogen) atoms. The first-order valence-corrected chi connectivity index (χ1v) is 7.49. The fourth-order valence-corrected chi connectivity index (χ4v) is 2.43. The van der Waals surface area contributed by atoms with Crippen LogP contribution in [0.3, 0.4) is 0 Å². The van der Waals surface area contributed by atoms with Gasteiger partial charge in [-0.2, -0.15) is 0 Å². The maximum absolute atomic E-state index is 14.3. The van der Waals surface area contributed by atoms with Crippen LogP contribution in [0.15, 0.2) is 17.9 Å². The van der Waals surface area contributed by atoms with Crippen LogP contribution in [0, 0.1) is 15.2 Å². The van der Waals surface area contributed by atoms with E-state index >= 15 is 0 Å². The molecule has 0 radical (unpaired) electrons. The molecule has 1 heterocycles. The van der Waals surface area contributed by atoms with Gasteiger partial charge in [0.25, 0.3) is 0 Å². The number of benzene rings is 1. The summed E-state index contributed by atoms with van der Waals surface area (Å²) in [6.45, 7) is 7.14. The molecule has 2 nitrogen and oxygen atoms in total. The summed E-state index contributed by atoms with van der Waals surface area (Å²) < 4.78 is 52.5. The lowest BCUT2D eigenvalue weighted by Gasteiger charge is -2.32. The first-order valence-electron chi connectivity index (χ1n) is 6.41. The van der Waals surface area contributed by atoms with E-state index in [0.717, 1.165) is 18.2 Å². The van der Waals surface area contributed by atoms with E-state index in [1.54, 1.807) is 50.3 Å². The Kier molecular flexibility index (Phi) is 4.48. The lowest BCUT2D eigenvalue weighted by atomic mass is 9.87. The van der Waals surface area contributed by atoms with Crippen molar-refractivity contribution in [3.63, 3.8) is 0 Å². The zero-order chi connectivity index (χ0) is 16.0. The summed E-state index contributed by atoms with van der Waals surface area (Å²) in [5.74, 6) is -1.31. The second-order valence-electron chi connectivity index (χ2n) is 5.87. The predicted molar refractivity (Wildman–Crippen MR) is 84.2 cm³/mol. The van der Waals surface area contributed by atoms with Gasteiger partial charge >= 0.3 is 7.12 Å². The van der Waals surface area contributed by atoms with Gasteiger partial charge in [0.1, 0.15) is 17.4 Å². The van der Waals surface area contributed by atoms with Crippen molar-refractivity contribution < 1.29 is 22.5 Å². The molecule has 0 bridgehead atoms. The van der Waals surface area contributed by atoms with Crippen LogP contribution in [0.25, 0.3) is 6.08 Å². The third-order valence-electron chi connectivity index (χ3n) is 3.84. The van der Waals surface area contributed by atoms with Crippen LogP contribution in [0.1, 0.15) is 33.3 Å². The van der Waals surface area contributed by atoms with Crippen molar-refractivity contribution in [1.82, 2.24) is 0 Å². The Morgan fingerprint density at radius 3 is 2.10 bits per heavy atom. The van der Waals surface area contributed by atoms with Gasteiger partial charge in [0.15, 0.2) is 0 Å². The van der Waals surface area contributed by atoms with Crippen molar-refractivity contribution in [3.8, 4) is 0 Å². The van der Waals surface area contributed by atoms with Crippen LogP contribution in [0.4, 0.5) is 13.2 Å². The van der Waals surface area contributed by atoms with E-state index in [4.69, 9.17) is 9.31 Å². The largest absolute Gasteiger partial charge is 0.525 e. The van der Waals surface area contributed by atoms with Crippen LogP contribution < -0.4 is 0 Å². The van der Waals surface area contributed by atoms with E-state index in [0.29, 0.717) is 0 Å². The summed E-state index contributed by atoms with van der Waals surface area (Å²) in [7, 11) is -1.23. The van der Waals surface area contributed by atoms with Crippen molar-refractivity contribution in [2.75, 3.05) is 0 Å². The molecular formula is C14H15BF3IO2. The van der Waals surface area contributed by atoms with Crippen LogP contribution >= 0.6 is 22.6 Å². The van der Waals surface area contributed by atoms with Gasteiger partial charge in [0.2, 0.25) is 0 Å². The number of rotatable bonds is 2. The molecule has 114 valence electrons. The Hall–Kier alpha value is -0.535. The van der Waals surface area contributed by atoms with E-state index < -0.39 is 35.7 Å². The molecule has 0 amide bonds. The summed E-state index contributed by atoms with van der Waals surface area (Å²) in [5, 5.41) is 0. The average molecular weight is 410 g/mol. The van der Waals surface area contributed by atoms with Gasteiger partial charge in [-0.15, -0.1) is 0 Å². The first-order chi connectivity index (χ1) is 9.55. The van der Waals surface area contributed by atoms with Crippen LogP contribution in [0.5, 0.6) is 0 Å². The maximum Gasteiger partial charge on any atom is 0.525 e. The molecule has 1 saturated heterocycles. The lowest BCUT2D eigenvalue weighted by molar-refractivity contribution is 0.00578. The third-order valence-corrected chi connectivity index (χ3v) is 4.94. The van der Waals surface area contributed by atoms with Crippen molar-refractivity contribution in [1.29, 1.82) is 0 Å². The Morgan fingerprint density at radius 2 is 1.57 bits per heavy atom. The third kappa shape index (κ3) is 3.14. The summed E-state index contributed by atoms with van der Waals surface area (Å²) in [4.78, 5) is 0. The molecule has 1 aromatic carbocycles. The van der Waals surface area contributed by atoms with Gasteiger partial charge in [0, 0.05) is 5.56 Å². The van der Waals surface area contributed by atoms with E-state index in [1.807, 2.05) is 0 Å². The van der Waals surface area contributed by atoms with Crippen molar-refractivity contribution in [3.05, 3.63) is 38.6 Å². The Balaban J connectivity index is 2.34. The van der Waals surface area contributed by atoms with Gasteiger partial charge in [0.05, 0.1) is 14.8 Å². The van der Waals surface area contributed by atoms with Crippen LogP contribution in [-0.4, -0.2) is 18.3 Å². The minimum absolute atomic E-state index is 0.0132. The molecule has 2 rings (SSSR count). The molecule has 1 aromatic rings. The smallest absolute Gasteiger partial charge is 0.398 e. The number of hydrogen-bond donors (Lipinski definition) is 0. The summed E-state index contributed by atoms with van der Waals surface area (Å²) in [6, 6.07) is 1.96. The van der Waals surface area contributed by atoms with Gasteiger partial charge in [-0.05, 0) is 68.5 Å². The quantitative estimate of drug-likeness (QED) is 0.406. The lowest BCUT2D eigenvalue weighted by Crippen LogP contribution is -2.41. The second-order valence-corrected chi connectivity index (χ2v) is 6.95. The van der Waals surface area contributed by atoms with Crippen LogP contribution in [-0.2, 0) is 9.31 Å². The Labute approximate surface area is 136 Å². The SMILES string of the molecule is CC1(C)OB(C(F)=Cc2c(F)ccc(F)c2I)OC1(C)C. The molecule has 0 atom stereocenters. The molecule has 1 aliphatic rings. The highest BCUT2D eigenvalue weighted by molar-refractivity contribution is 14.1. The van der Waals surface area contributed by atoms with Crippen LogP contribution in [0.2, 0.25) is 0 Å². The first kappa shape index (κ1) is 16.8. The van der Waals surface area contributed by atoms with Gasteiger partial charge in [-0.3, -0.25) is 0 Å². The highest BCUT2D eigenvalue weighted by Gasteiger charge is 2.53. The minimum Gasteiger partial charge on any atom is -0.398 e. The standard InChI is InChI=1S/C14H15BF3IO2/c1-13(2)14(3,4)21-15(20-13)11(18)7-8-9(16)5-6-10(17)12(8)19/h5-7H,1-4H3. The molecule has 0 N–H and O–H groups in total. The summed E-state index contributed by atoms with van der Waals surface area (Å²) in [5.41, 5.74) is -2.34. The van der Waals surface area contributed by atoms with E-state index in [1.165, 1.54) is 0 Å². The second kappa shape index (κ2) is 5.59. The van der Waals surface area contributed by atoms with Crippen molar-refractivity contribution in [2.24, 2.45) is 0 Å². The van der Waals surface area contributed by atoms with Crippen molar-refractivity contribution >= 4 is 35.8 Å². The molecule has 0 aliphatic carbocycles. The Morgan fingerprint density at radius 1 is 1.10 bits per heavy atom. The molecule has 0 spiro atoms. The number of halogens is 4. The highest BCUT2D eigenvalue weighted by atomic mass is 127.